The van der Waals surface area contributed by atoms with Crippen molar-refractivity contribution in [1.82, 2.24) is 25.2 Å². The number of dihydropyridines is 1. The first-order valence-corrected chi connectivity index (χ1v) is 13.1. The number of amidine groups is 1. The molecule has 0 spiro atoms. The second kappa shape index (κ2) is 9.06. The third-order valence-corrected chi connectivity index (χ3v) is 7.25. The fourth-order valence-corrected chi connectivity index (χ4v) is 5.39. The van der Waals surface area contributed by atoms with Gasteiger partial charge in [-0.3, -0.25) is 9.55 Å². The van der Waals surface area contributed by atoms with Crippen molar-refractivity contribution >= 4 is 44.7 Å². The standard InChI is InChI=1S/C32H23N7O/c1-2-6-22(7-3-1)31-35-24-10-11-26-27(28(24)40-31)23-8-4-5-9-25(23)39(26)32-37-29(20-12-16-33-17-13-20)36-30(38-32)21-14-18-34-19-15-21/h1-18,30,34H,19H2,(H,36,37,38). The van der Waals surface area contributed by atoms with Gasteiger partial charge in [0.15, 0.2) is 11.7 Å². The monoisotopic (exact) mass is 521 g/mol. The minimum absolute atomic E-state index is 0.396. The van der Waals surface area contributed by atoms with Crippen LogP contribution in [-0.2, 0) is 0 Å². The Kier molecular flexibility index (Phi) is 5.09. The largest absolute Gasteiger partial charge is 0.435 e. The van der Waals surface area contributed by atoms with Crippen LogP contribution in [0.2, 0.25) is 0 Å². The molecule has 6 aromatic rings. The molecule has 0 bridgehead atoms. The van der Waals surface area contributed by atoms with Crippen LogP contribution < -0.4 is 10.6 Å². The quantitative estimate of drug-likeness (QED) is 0.315. The van der Waals surface area contributed by atoms with Gasteiger partial charge in [0.25, 0.3) is 0 Å². The first-order chi connectivity index (χ1) is 19.8. The number of fused-ring (bicyclic) bond motifs is 5. The minimum Gasteiger partial charge on any atom is -0.435 e. The third kappa shape index (κ3) is 3.61. The first kappa shape index (κ1) is 22.5. The molecule has 0 aliphatic carbocycles. The maximum atomic E-state index is 6.44. The molecule has 192 valence electrons. The van der Waals surface area contributed by atoms with E-state index in [0.29, 0.717) is 11.9 Å². The first-order valence-electron chi connectivity index (χ1n) is 13.1. The van der Waals surface area contributed by atoms with Crippen LogP contribution in [0.3, 0.4) is 0 Å². The van der Waals surface area contributed by atoms with E-state index in [4.69, 9.17) is 19.4 Å². The number of aliphatic imine (C=N–C) groups is 2. The number of oxazole rings is 1. The fraction of sp³-hybridized carbons (Fsp3) is 0.0625. The molecule has 3 aromatic carbocycles. The normalized spacial score (nSPS) is 16.9. The van der Waals surface area contributed by atoms with Gasteiger partial charge < -0.3 is 15.1 Å². The molecule has 8 heteroatoms. The molecule has 0 radical (unpaired) electrons. The molecule has 2 aliphatic heterocycles. The van der Waals surface area contributed by atoms with Crippen molar-refractivity contribution in [3.05, 3.63) is 121 Å². The molecule has 1 unspecified atom stereocenters. The Labute approximate surface area is 229 Å². The summed E-state index contributed by atoms with van der Waals surface area (Å²) in [7, 11) is 0. The Bertz CT molecular complexity index is 2030. The highest BCUT2D eigenvalue weighted by Gasteiger charge is 2.26. The van der Waals surface area contributed by atoms with Crippen molar-refractivity contribution in [3.8, 4) is 11.5 Å². The zero-order valence-electron chi connectivity index (χ0n) is 21.3. The van der Waals surface area contributed by atoms with Gasteiger partial charge in [-0.15, -0.1) is 0 Å². The number of para-hydroxylation sites is 1. The highest BCUT2D eigenvalue weighted by Crippen LogP contribution is 2.37. The predicted octanol–water partition coefficient (Wildman–Crippen LogP) is 5.62. The van der Waals surface area contributed by atoms with Gasteiger partial charge in [0.1, 0.15) is 11.4 Å². The number of hydrogen-bond donors (Lipinski definition) is 2. The predicted molar refractivity (Wildman–Crippen MR) is 158 cm³/mol. The molecule has 0 saturated carbocycles. The number of hydrogen-bond acceptors (Lipinski definition) is 7. The zero-order valence-corrected chi connectivity index (χ0v) is 21.3. The summed E-state index contributed by atoms with van der Waals surface area (Å²) in [5, 5.41) is 8.80. The van der Waals surface area contributed by atoms with Gasteiger partial charge in [0.2, 0.25) is 11.9 Å². The molecule has 8 nitrogen and oxygen atoms in total. The molecule has 0 amide bonds. The number of rotatable bonds is 3. The number of nitrogens with one attached hydrogen (secondary N) is 2. The second-order valence-corrected chi connectivity index (χ2v) is 9.66. The number of benzene rings is 3. The maximum Gasteiger partial charge on any atom is 0.227 e. The van der Waals surface area contributed by atoms with Crippen molar-refractivity contribution in [2.45, 2.75) is 6.17 Å². The Morgan fingerprint density at radius 3 is 2.52 bits per heavy atom. The average molecular weight is 522 g/mol. The molecule has 2 N–H and O–H groups in total. The molecule has 0 fully saturated rings. The van der Waals surface area contributed by atoms with Crippen molar-refractivity contribution < 1.29 is 4.42 Å². The van der Waals surface area contributed by atoms with Gasteiger partial charge in [-0.2, -0.15) is 0 Å². The van der Waals surface area contributed by atoms with E-state index in [1.165, 1.54) is 0 Å². The molecule has 3 aromatic heterocycles. The van der Waals surface area contributed by atoms with Gasteiger partial charge >= 0.3 is 0 Å². The summed E-state index contributed by atoms with van der Waals surface area (Å²) < 4.78 is 8.60. The van der Waals surface area contributed by atoms with Crippen LogP contribution >= 0.6 is 0 Å². The van der Waals surface area contributed by atoms with E-state index in [2.05, 4.69) is 44.5 Å². The van der Waals surface area contributed by atoms with E-state index < -0.39 is 6.17 Å². The Morgan fingerprint density at radius 2 is 1.68 bits per heavy atom. The van der Waals surface area contributed by atoms with Gasteiger partial charge in [-0.1, -0.05) is 42.5 Å². The lowest BCUT2D eigenvalue weighted by Crippen LogP contribution is -2.41. The summed E-state index contributed by atoms with van der Waals surface area (Å²) in [4.78, 5) is 19.1. The van der Waals surface area contributed by atoms with Crippen LogP contribution in [0.25, 0.3) is 44.4 Å². The minimum atomic E-state index is -0.396. The summed E-state index contributed by atoms with van der Waals surface area (Å²) in [6.45, 7) is 0.739. The SMILES string of the molecule is C1=CC(C2N=C(c3ccncc3)NC(n3c4ccccc4c4c5oc(-c6ccccc6)nc5ccc43)=N2)=CCN1. The molecule has 1 atom stereocenters. The molecule has 0 saturated heterocycles. The lowest BCUT2D eigenvalue weighted by molar-refractivity contribution is 0.623. The summed E-state index contributed by atoms with van der Waals surface area (Å²) in [5.74, 6) is 2.03. The number of aromatic nitrogens is 3. The lowest BCUT2D eigenvalue weighted by Gasteiger charge is -2.24. The molecule has 2 aliphatic rings. The Morgan fingerprint density at radius 1 is 0.825 bits per heavy atom. The summed E-state index contributed by atoms with van der Waals surface area (Å²) in [6.07, 6.45) is 9.25. The van der Waals surface area contributed by atoms with Crippen LogP contribution in [-0.4, -0.2) is 39.0 Å². The van der Waals surface area contributed by atoms with Gasteiger partial charge in [-0.05, 0) is 60.3 Å². The van der Waals surface area contributed by atoms with Crippen molar-refractivity contribution in [2.24, 2.45) is 9.98 Å². The average Bonchev–Trinajstić information content (AvgIpc) is 3.62. The van der Waals surface area contributed by atoms with Crippen molar-refractivity contribution in [1.29, 1.82) is 0 Å². The fourth-order valence-electron chi connectivity index (χ4n) is 5.39. The van der Waals surface area contributed by atoms with Gasteiger partial charge in [0, 0.05) is 35.5 Å². The smallest absolute Gasteiger partial charge is 0.227 e. The van der Waals surface area contributed by atoms with E-state index in [1.807, 2.05) is 72.9 Å². The zero-order chi connectivity index (χ0) is 26.5. The van der Waals surface area contributed by atoms with Crippen LogP contribution in [0.1, 0.15) is 5.56 Å². The highest BCUT2D eigenvalue weighted by atomic mass is 16.3. The third-order valence-electron chi connectivity index (χ3n) is 7.25. The van der Waals surface area contributed by atoms with Crippen molar-refractivity contribution in [3.63, 3.8) is 0 Å². The van der Waals surface area contributed by atoms with Crippen LogP contribution in [0.4, 0.5) is 0 Å². The van der Waals surface area contributed by atoms with Crippen LogP contribution in [0.5, 0.6) is 0 Å². The maximum absolute atomic E-state index is 6.44. The molecular formula is C32H23N7O. The van der Waals surface area contributed by atoms with E-state index in [9.17, 15) is 0 Å². The van der Waals surface area contributed by atoms with Gasteiger partial charge in [0.05, 0.1) is 16.4 Å². The summed E-state index contributed by atoms with van der Waals surface area (Å²) >= 11 is 0. The van der Waals surface area contributed by atoms with Gasteiger partial charge in [-0.25, -0.2) is 15.0 Å². The van der Waals surface area contributed by atoms with Crippen LogP contribution in [0, 0.1) is 0 Å². The summed E-state index contributed by atoms with van der Waals surface area (Å²) in [5.41, 5.74) is 6.48. The Balaban J connectivity index is 1.36. The van der Waals surface area contributed by atoms with E-state index in [-0.39, 0.29) is 0 Å². The molecular weight excluding hydrogens is 498 g/mol. The number of pyridine rings is 1. The molecule has 5 heterocycles. The highest BCUT2D eigenvalue weighted by molar-refractivity contribution is 6.23. The molecule has 8 rings (SSSR count). The summed E-state index contributed by atoms with van der Waals surface area (Å²) in [6, 6.07) is 26.3. The van der Waals surface area contributed by atoms with E-state index >= 15 is 0 Å². The Hall–Kier alpha value is -5.50. The second-order valence-electron chi connectivity index (χ2n) is 9.66. The lowest BCUT2D eigenvalue weighted by atomic mass is 10.1. The van der Waals surface area contributed by atoms with E-state index in [0.717, 1.165) is 62.0 Å². The number of nitrogens with zero attached hydrogens (tertiary/aromatic N) is 5. The van der Waals surface area contributed by atoms with Crippen molar-refractivity contribution in [2.75, 3.05) is 6.54 Å². The topological polar surface area (TPSA) is 92.6 Å². The molecule has 40 heavy (non-hydrogen) atoms. The van der Waals surface area contributed by atoms with E-state index in [1.54, 1.807) is 12.4 Å². The van der Waals surface area contributed by atoms with Crippen LogP contribution in [0.15, 0.2) is 130 Å².